The number of unbranched alkanes of at least 4 members (excludes halogenated alkanes) is 10. The summed E-state index contributed by atoms with van der Waals surface area (Å²) in [5.41, 5.74) is 21.7. The van der Waals surface area contributed by atoms with Gasteiger partial charge in [-0.05, 0) is 51.9 Å². The van der Waals surface area contributed by atoms with Crippen molar-refractivity contribution in [3.05, 3.63) is 0 Å². The van der Waals surface area contributed by atoms with E-state index in [2.05, 4.69) is 16.0 Å². The lowest BCUT2D eigenvalue weighted by Crippen LogP contribution is -2.45. The van der Waals surface area contributed by atoms with E-state index in [9.17, 15) is 0 Å². The third-order valence-corrected chi connectivity index (χ3v) is 4.32. The summed E-state index contributed by atoms with van der Waals surface area (Å²) in [4.78, 5) is 0. The molecular weight excluding hydrogens is 314 g/mol. The number of nitrogens with one attached hydrogen (secondary N) is 3. The maximum Gasteiger partial charge on any atom is 0.106 e. The van der Waals surface area contributed by atoms with E-state index in [1.165, 1.54) is 77.0 Å². The summed E-state index contributed by atoms with van der Waals surface area (Å²) in [7, 11) is 0. The highest BCUT2D eigenvalue weighted by atomic mass is 15.1. The lowest BCUT2D eigenvalue weighted by Gasteiger charge is -2.08. The van der Waals surface area contributed by atoms with Gasteiger partial charge in [0.1, 0.15) is 12.6 Å². The number of nitrogens with two attached hydrogens (primary N) is 4. The number of hydrogen-bond donors (Lipinski definition) is 7. The zero-order chi connectivity index (χ0) is 18.6. The Morgan fingerprint density at radius 3 is 1.00 bits per heavy atom. The average molecular weight is 360 g/mol. The van der Waals surface area contributed by atoms with Gasteiger partial charge in [0.15, 0.2) is 0 Å². The van der Waals surface area contributed by atoms with Gasteiger partial charge in [-0.2, -0.15) is 0 Å². The molecule has 0 aromatic rings. The first-order valence-electron chi connectivity index (χ1n) is 10.3. The van der Waals surface area contributed by atoms with Crippen LogP contribution in [0.15, 0.2) is 0 Å². The molecule has 0 bridgehead atoms. The SMILES string of the molecule is NC(N)NCCCCCCCCNCCCCCCCCNC(N)N. The van der Waals surface area contributed by atoms with Crippen molar-refractivity contribution in [1.29, 1.82) is 0 Å². The van der Waals surface area contributed by atoms with Gasteiger partial charge in [-0.3, -0.25) is 10.6 Å². The highest BCUT2D eigenvalue weighted by Gasteiger charge is 1.95. The van der Waals surface area contributed by atoms with Crippen LogP contribution in [0, 0.1) is 0 Å². The Bertz CT molecular complexity index is 226. The molecule has 0 rings (SSSR count). The van der Waals surface area contributed by atoms with E-state index in [0.29, 0.717) is 0 Å². The second kappa shape index (κ2) is 20.0. The Labute approximate surface area is 155 Å². The minimum Gasteiger partial charge on any atom is -0.317 e. The van der Waals surface area contributed by atoms with Crippen molar-refractivity contribution in [2.75, 3.05) is 26.2 Å². The molecular formula is C18H45N7. The molecule has 0 aliphatic carbocycles. The monoisotopic (exact) mass is 359 g/mol. The van der Waals surface area contributed by atoms with Gasteiger partial charge >= 0.3 is 0 Å². The first-order chi connectivity index (χ1) is 12.1. The van der Waals surface area contributed by atoms with E-state index in [1.54, 1.807) is 0 Å². The third-order valence-electron chi connectivity index (χ3n) is 4.32. The summed E-state index contributed by atoms with van der Waals surface area (Å²) in [6.45, 7) is 4.18. The number of hydrogen-bond acceptors (Lipinski definition) is 7. The quantitative estimate of drug-likeness (QED) is 0.126. The third kappa shape index (κ3) is 23.7. The molecule has 0 saturated carbocycles. The van der Waals surface area contributed by atoms with E-state index in [0.717, 1.165) is 26.2 Å². The van der Waals surface area contributed by atoms with Crippen molar-refractivity contribution >= 4 is 0 Å². The fourth-order valence-electron chi connectivity index (χ4n) is 2.83. The zero-order valence-electron chi connectivity index (χ0n) is 16.3. The molecule has 0 saturated heterocycles. The zero-order valence-corrected chi connectivity index (χ0v) is 16.3. The summed E-state index contributed by atoms with van der Waals surface area (Å²) in [6.07, 6.45) is 14.7. The van der Waals surface area contributed by atoms with Crippen LogP contribution in [0.5, 0.6) is 0 Å². The van der Waals surface area contributed by atoms with Crippen molar-refractivity contribution in [2.45, 2.75) is 89.6 Å². The Balaban J connectivity index is 2.98. The first kappa shape index (κ1) is 24.7. The maximum absolute atomic E-state index is 5.42. The molecule has 0 aliphatic heterocycles. The smallest absolute Gasteiger partial charge is 0.106 e. The summed E-state index contributed by atoms with van der Waals surface area (Å²) >= 11 is 0. The van der Waals surface area contributed by atoms with E-state index >= 15 is 0 Å². The predicted molar refractivity (Wildman–Crippen MR) is 109 cm³/mol. The standard InChI is InChI=1S/C18H45N7/c19-17(20)24-15-11-7-3-1-5-9-13-23-14-10-6-2-4-8-12-16-25-18(21)22/h17-18,23-25H,1-16,19-22H2. The summed E-state index contributed by atoms with van der Waals surface area (Å²) in [5.74, 6) is 0. The van der Waals surface area contributed by atoms with Gasteiger partial charge in [0, 0.05) is 0 Å². The fraction of sp³-hybridized carbons (Fsp3) is 1.00. The molecule has 0 unspecified atom stereocenters. The van der Waals surface area contributed by atoms with Gasteiger partial charge in [0.05, 0.1) is 0 Å². The summed E-state index contributed by atoms with van der Waals surface area (Å²) in [6, 6.07) is 0. The summed E-state index contributed by atoms with van der Waals surface area (Å²) in [5, 5.41) is 9.63. The minimum atomic E-state index is -0.371. The topological polar surface area (TPSA) is 140 Å². The van der Waals surface area contributed by atoms with Crippen molar-refractivity contribution in [2.24, 2.45) is 22.9 Å². The van der Waals surface area contributed by atoms with Crippen molar-refractivity contribution < 1.29 is 0 Å². The largest absolute Gasteiger partial charge is 0.317 e. The van der Waals surface area contributed by atoms with Crippen molar-refractivity contribution in [1.82, 2.24) is 16.0 Å². The molecule has 0 amide bonds. The normalized spacial score (nSPS) is 11.8. The molecule has 152 valence electrons. The Morgan fingerprint density at radius 1 is 0.400 bits per heavy atom. The average Bonchev–Trinajstić information content (AvgIpc) is 2.56. The molecule has 11 N–H and O–H groups in total. The van der Waals surface area contributed by atoms with Gasteiger partial charge in [-0.15, -0.1) is 0 Å². The molecule has 0 fully saturated rings. The van der Waals surface area contributed by atoms with Crippen LogP contribution in [0.1, 0.15) is 77.0 Å². The molecule has 0 radical (unpaired) electrons. The van der Waals surface area contributed by atoms with Gasteiger partial charge in [0.25, 0.3) is 0 Å². The first-order valence-corrected chi connectivity index (χ1v) is 10.3. The van der Waals surface area contributed by atoms with Gasteiger partial charge in [-0.1, -0.05) is 51.4 Å². The van der Waals surface area contributed by atoms with Gasteiger partial charge in [-0.25, -0.2) is 0 Å². The lowest BCUT2D eigenvalue weighted by atomic mass is 10.1. The molecule has 0 aromatic heterocycles. The van der Waals surface area contributed by atoms with Crippen LogP contribution in [0.4, 0.5) is 0 Å². The van der Waals surface area contributed by atoms with Crippen LogP contribution in [0.2, 0.25) is 0 Å². The molecule has 0 spiro atoms. The second-order valence-electron chi connectivity index (χ2n) is 6.95. The van der Waals surface area contributed by atoms with E-state index < -0.39 is 0 Å². The molecule has 0 heterocycles. The fourth-order valence-corrected chi connectivity index (χ4v) is 2.83. The summed E-state index contributed by atoms with van der Waals surface area (Å²) < 4.78 is 0. The predicted octanol–water partition coefficient (Wildman–Crippen LogP) is 0.838. The lowest BCUT2D eigenvalue weighted by molar-refractivity contribution is 0.500. The van der Waals surface area contributed by atoms with Crippen molar-refractivity contribution in [3.8, 4) is 0 Å². The van der Waals surface area contributed by atoms with Crippen LogP contribution < -0.4 is 38.9 Å². The second-order valence-corrected chi connectivity index (χ2v) is 6.95. The van der Waals surface area contributed by atoms with Crippen molar-refractivity contribution in [3.63, 3.8) is 0 Å². The van der Waals surface area contributed by atoms with Gasteiger partial charge < -0.3 is 28.3 Å². The molecule has 7 nitrogen and oxygen atoms in total. The van der Waals surface area contributed by atoms with Crippen LogP contribution in [-0.2, 0) is 0 Å². The molecule has 0 aliphatic rings. The molecule has 25 heavy (non-hydrogen) atoms. The highest BCUT2D eigenvalue weighted by molar-refractivity contribution is 4.54. The Morgan fingerprint density at radius 2 is 0.680 bits per heavy atom. The van der Waals surface area contributed by atoms with Crippen LogP contribution >= 0.6 is 0 Å². The van der Waals surface area contributed by atoms with E-state index in [1.807, 2.05) is 0 Å². The van der Waals surface area contributed by atoms with Crippen LogP contribution in [0.3, 0.4) is 0 Å². The van der Waals surface area contributed by atoms with Crippen LogP contribution in [-0.4, -0.2) is 38.8 Å². The maximum atomic E-state index is 5.42. The minimum absolute atomic E-state index is 0.371. The number of rotatable bonds is 20. The molecule has 0 atom stereocenters. The molecule has 0 aromatic carbocycles. The molecule has 7 heteroatoms. The Hall–Kier alpha value is -0.280. The van der Waals surface area contributed by atoms with Crippen LogP contribution in [0.25, 0.3) is 0 Å². The van der Waals surface area contributed by atoms with Gasteiger partial charge in [0.2, 0.25) is 0 Å². The highest BCUT2D eigenvalue weighted by Crippen LogP contribution is 2.05. The Kier molecular flexibility index (Phi) is 19.8. The van der Waals surface area contributed by atoms with E-state index in [4.69, 9.17) is 22.9 Å². The van der Waals surface area contributed by atoms with E-state index in [-0.39, 0.29) is 12.6 Å².